The third-order valence-electron chi connectivity index (χ3n) is 2.93. The largest absolute Gasteiger partial charge is 0.481 e. The van der Waals surface area contributed by atoms with Gasteiger partial charge in [-0.1, -0.05) is 12.8 Å². The number of hydrogen-bond acceptors (Lipinski definition) is 3. The Kier molecular flexibility index (Phi) is 5.25. The molecule has 1 rings (SSSR count). The maximum atomic E-state index is 11.5. The molecule has 0 aliphatic carbocycles. The lowest BCUT2D eigenvalue weighted by atomic mass is 9.99. The van der Waals surface area contributed by atoms with Gasteiger partial charge in [-0.05, 0) is 19.4 Å². The molecule has 0 aromatic heterocycles. The van der Waals surface area contributed by atoms with E-state index in [1.54, 1.807) is 4.90 Å². The van der Waals surface area contributed by atoms with Gasteiger partial charge in [0, 0.05) is 19.5 Å². The maximum absolute atomic E-state index is 11.5. The maximum Gasteiger partial charge on any atom is 0.310 e. The lowest BCUT2D eigenvalue weighted by Crippen LogP contribution is -2.52. The molecule has 1 fully saturated rings. The van der Waals surface area contributed by atoms with E-state index in [0.717, 1.165) is 25.7 Å². The molecule has 1 saturated heterocycles. The van der Waals surface area contributed by atoms with E-state index in [9.17, 15) is 9.59 Å². The van der Waals surface area contributed by atoms with Crippen molar-refractivity contribution < 1.29 is 14.7 Å². The number of amides is 1. The Morgan fingerprint density at radius 1 is 1.19 bits per heavy atom. The highest BCUT2D eigenvalue weighted by Crippen LogP contribution is 2.17. The third-order valence-corrected chi connectivity index (χ3v) is 2.93. The molecular formula is C11H20N2O3. The van der Waals surface area contributed by atoms with Gasteiger partial charge in [-0.25, -0.2) is 0 Å². The number of carbonyl (C=O) groups excluding carboxylic acids is 1. The van der Waals surface area contributed by atoms with E-state index in [2.05, 4.69) is 0 Å². The summed E-state index contributed by atoms with van der Waals surface area (Å²) in [5.74, 6) is -1.06. The minimum absolute atomic E-state index is 0.0882. The molecule has 16 heavy (non-hydrogen) atoms. The van der Waals surface area contributed by atoms with Gasteiger partial charge in [0.25, 0.3) is 0 Å². The molecule has 5 heteroatoms. The van der Waals surface area contributed by atoms with Crippen LogP contribution in [0.4, 0.5) is 0 Å². The molecular weight excluding hydrogens is 208 g/mol. The van der Waals surface area contributed by atoms with Crippen molar-refractivity contribution in [1.82, 2.24) is 4.90 Å². The van der Waals surface area contributed by atoms with Crippen molar-refractivity contribution in [3.8, 4) is 0 Å². The molecule has 0 aromatic carbocycles. The predicted molar refractivity (Wildman–Crippen MR) is 59.8 cm³/mol. The molecule has 1 heterocycles. The number of nitrogens with two attached hydrogens (primary N) is 1. The number of hydrogen-bond donors (Lipinski definition) is 2. The number of aliphatic carboxylic acids is 1. The van der Waals surface area contributed by atoms with E-state index >= 15 is 0 Å². The van der Waals surface area contributed by atoms with E-state index in [0.29, 0.717) is 26.1 Å². The summed E-state index contributed by atoms with van der Waals surface area (Å²) >= 11 is 0. The Morgan fingerprint density at radius 2 is 1.81 bits per heavy atom. The lowest BCUT2D eigenvalue weighted by Gasteiger charge is -2.36. The molecule has 3 N–H and O–H groups in total. The molecule has 1 aliphatic rings. The summed E-state index contributed by atoms with van der Waals surface area (Å²) in [4.78, 5) is 23.7. The fourth-order valence-electron chi connectivity index (χ4n) is 1.77. The Morgan fingerprint density at radius 3 is 2.38 bits per heavy atom. The van der Waals surface area contributed by atoms with Crippen molar-refractivity contribution in [3.63, 3.8) is 0 Å². The van der Waals surface area contributed by atoms with E-state index in [1.807, 2.05) is 0 Å². The van der Waals surface area contributed by atoms with E-state index in [1.165, 1.54) is 0 Å². The van der Waals surface area contributed by atoms with Gasteiger partial charge in [0.1, 0.15) is 0 Å². The molecule has 0 spiro atoms. The van der Waals surface area contributed by atoms with E-state index < -0.39 is 5.97 Å². The molecule has 1 aliphatic heterocycles. The molecule has 5 nitrogen and oxygen atoms in total. The minimum Gasteiger partial charge on any atom is -0.481 e. The smallest absolute Gasteiger partial charge is 0.310 e. The first kappa shape index (κ1) is 13.0. The molecule has 0 bridgehead atoms. The second-order valence-electron chi connectivity index (χ2n) is 4.29. The minimum atomic E-state index is -0.799. The van der Waals surface area contributed by atoms with Crippen LogP contribution in [0.15, 0.2) is 0 Å². The number of carbonyl (C=O) groups is 2. The lowest BCUT2D eigenvalue weighted by molar-refractivity contribution is -0.152. The number of nitrogens with zero attached hydrogens (tertiary/aromatic N) is 1. The third kappa shape index (κ3) is 3.81. The monoisotopic (exact) mass is 228 g/mol. The number of carboxylic acids is 1. The SMILES string of the molecule is NCCCCCCC(=O)N1CC(C(=O)O)C1. The van der Waals surface area contributed by atoms with Crippen LogP contribution in [-0.2, 0) is 9.59 Å². The zero-order chi connectivity index (χ0) is 12.0. The first-order valence-corrected chi connectivity index (χ1v) is 5.85. The molecule has 0 radical (unpaired) electrons. The average Bonchev–Trinajstić information content (AvgIpc) is 2.14. The summed E-state index contributed by atoms with van der Waals surface area (Å²) < 4.78 is 0. The van der Waals surface area contributed by atoms with Gasteiger partial charge in [0.15, 0.2) is 0 Å². The van der Waals surface area contributed by atoms with E-state index in [-0.39, 0.29) is 11.8 Å². The van der Waals surface area contributed by atoms with Crippen LogP contribution in [0.2, 0.25) is 0 Å². The van der Waals surface area contributed by atoms with Crippen molar-refractivity contribution in [2.24, 2.45) is 11.7 Å². The van der Waals surface area contributed by atoms with Crippen LogP contribution in [0.1, 0.15) is 32.1 Å². The Balaban J connectivity index is 2.02. The number of likely N-dealkylation sites (tertiary alicyclic amines) is 1. The van der Waals surface area contributed by atoms with Gasteiger partial charge in [-0.2, -0.15) is 0 Å². The predicted octanol–water partition coefficient (Wildman–Crippen LogP) is 0.439. The molecule has 1 amide bonds. The summed E-state index contributed by atoms with van der Waals surface area (Å²) in [6.45, 7) is 1.48. The van der Waals surface area contributed by atoms with Crippen molar-refractivity contribution in [2.75, 3.05) is 19.6 Å². The number of unbranched alkanes of at least 4 members (excludes halogenated alkanes) is 3. The highest BCUT2D eigenvalue weighted by atomic mass is 16.4. The second kappa shape index (κ2) is 6.48. The molecule has 0 saturated carbocycles. The quantitative estimate of drug-likeness (QED) is 0.619. The normalized spacial score (nSPS) is 15.9. The summed E-state index contributed by atoms with van der Waals surface area (Å²) in [5.41, 5.74) is 5.36. The Bertz CT molecular complexity index is 250. The Labute approximate surface area is 95.6 Å². The topological polar surface area (TPSA) is 83.6 Å². The number of carboxylic acid groups (broad SMARTS) is 1. The van der Waals surface area contributed by atoms with Crippen LogP contribution in [0.25, 0.3) is 0 Å². The van der Waals surface area contributed by atoms with Crippen molar-refractivity contribution in [2.45, 2.75) is 32.1 Å². The van der Waals surface area contributed by atoms with E-state index in [4.69, 9.17) is 10.8 Å². The summed E-state index contributed by atoms with van der Waals surface area (Å²) in [6.07, 6.45) is 4.53. The van der Waals surface area contributed by atoms with Crippen molar-refractivity contribution in [1.29, 1.82) is 0 Å². The zero-order valence-corrected chi connectivity index (χ0v) is 9.52. The van der Waals surface area contributed by atoms with Gasteiger partial charge in [-0.3, -0.25) is 9.59 Å². The van der Waals surface area contributed by atoms with Crippen molar-refractivity contribution >= 4 is 11.9 Å². The van der Waals surface area contributed by atoms with Crippen molar-refractivity contribution in [3.05, 3.63) is 0 Å². The summed E-state index contributed by atoms with van der Waals surface area (Å²) in [7, 11) is 0. The molecule has 0 atom stereocenters. The summed E-state index contributed by atoms with van der Waals surface area (Å²) in [5, 5.41) is 8.66. The van der Waals surface area contributed by atoms with Gasteiger partial charge >= 0.3 is 5.97 Å². The van der Waals surface area contributed by atoms with Crippen LogP contribution in [0.5, 0.6) is 0 Å². The van der Waals surface area contributed by atoms with Gasteiger partial charge in [0.2, 0.25) is 5.91 Å². The van der Waals surface area contributed by atoms with Gasteiger partial charge in [0.05, 0.1) is 5.92 Å². The zero-order valence-electron chi connectivity index (χ0n) is 9.52. The first-order chi connectivity index (χ1) is 7.65. The van der Waals surface area contributed by atoms with Crippen LogP contribution in [0.3, 0.4) is 0 Å². The van der Waals surface area contributed by atoms with Crippen LogP contribution < -0.4 is 5.73 Å². The average molecular weight is 228 g/mol. The fraction of sp³-hybridized carbons (Fsp3) is 0.818. The van der Waals surface area contributed by atoms with Crippen LogP contribution >= 0.6 is 0 Å². The highest BCUT2D eigenvalue weighted by Gasteiger charge is 2.34. The highest BCUT2D eigenvalue weighted by molar-refractivity contribution is 5.80. The second-order valence-corrected chi connectivity index (χ2v) is 4.29. The molecule has 92 valence electrons. The van der Waals surface area contributed by atoms with Gasteiger partial charge < -0.3 is 15.7 Å². The number of rotatable bonds is 7. The fourth-order valence-corrected chi connectivity index (χ4v) is 1.77. The van der Waals surface area contributed by atoms with Gasteiger partial charge in [-0.15, -0.1) is 0 Å². The summed E-state index contributed by atoms with van der Waals surface area (Å²) in [6, 6.07) is 0. The van der Waals surface area contributed by atoms with Crippen LogP contribution in [-0.4, -0.2) is 41.5 Å². The molecule has 0 unspecified atom stereocenters. The Hall–Kier alpha value is -1.10. The molecule has 0 aromatic rings. The standard InChI is InChI=1S/C11H20N2O3/c12-6-4-2-1-3-5-10(14)13-7-9(8-13)11(15)16/h9H,1-8,12H2,(H,15,16). The van der Waals surface area contributed by atoms with Crippen LogP contribution in [0, 0.1) is 5.92 Å². The first-order valence-electron chi connectivity index (χ1n) is 5.85.